The summed E-state index contributed by atoms with van der Waals surface area (Å²) in [6.45, 7) is 13.7. The maximum absolute atomic E-state index is 8.92. The molecule has 114 valence electrons. The minimum absolute atomic E-state index is 0. The van der Waals surface area contributed by atoms with Crippen molar-refractivity contribution in [2.75, 3.05) is 0 Å². The quantitative estimate of drug-likeness (QED) is 0.524. The monoisotopic (exact) mass is 322 g/mol. The molecule has 2 N–H and O–H groups in total. The number of aryl methyl sites for hydroxylation is 2. The van der Waals surface area contributed by atoms with E-state index in [-0.39, 0.29) is 21.7 Å². The van der Waals surface area contributed by atoms with Crippen molar-refractivity contribution < 1.29 is 31.9 Å². The summed E-state index contributed by atoms with van der Waals surface area (Å²) in [6.07, 6.45) is 0. The normalized spacial score (nSPS) is 7.52. The van der Waals surface area contributed by atoms with Gasteiger partial charge in [0.05, 0.1) is 0 Å². The third kappa shape index (κ3) is 12.2. The summed E-state index contributed by atoms with van der Waals surface area (Å²) in [5.41, 5.74) is 1.85. The molecule has 0 bridgehead atoms. The standard InChI is InChI=1S/2C7H8O.2C2H5.Ti/c2*1-6-4-2-3-5-7(6)8;2*1-2;/h2*2-5,8H,1H3;2*1H2,2H3;/q;;2*-1;+2. The Morgan fingerprint density at radius 2 is 0.857 bits per heavy atom. The number of phenols is 2. The van der Waals surface area contributed by atoms with E-state index >= 15 is 0 Å². The fraction of sp³-hybridized carbons (Fsp3) is 0.222. The van der Waals surface area contributed by atoms with Crippen molar-refractivity contribution in [3.05, 3.63) is 73.5 Å². The van der Waals surface area contributed by atoms with Crippen molar-refractivity contribution in [2.45, 2.75) is 27.7 Å². The first-order chi connectivity index (χ1) is 9.61. The molecular weight excluding hydrogens is 296 g/mol. The molecule has 0 spiro atoms. The largest absolute Gasteiger partial charge is 2.00 e. The Hall–Kier alpha value is -1.25. The predicted octanol–water partition coefficient (Wildman–Crippen LogP) is 5.08. The van der Waals surface area contributed by atoms with Crippen LogP contribution in [0.4, 0.5) is 0 Å². The zero-order valence-corrected chi connectivity index (χ0v) is 15.0. The van der Waals surface area contributed by atoms with Gasteiger partial charge in [-0.15, -0.1) is 0 Å². The number of benzene rings is 2. The molecule has 2 nitrogen and oxygen atoms in total. The van der Waals surface area contributed by atoms with E-state index in [9.17, 15) is 0 Å². The van der Waals surface area contributed by atoms with Crippen molar-refractivity contribution in [2.24, 2.45) is 0 Å². The molecule has 0 amide bonds. The molecule has 0 heterocycles. The molecule has 0 saturated carbocycles. The van der Waals surface area contributed by atoms with Crippen molar-refractivity contribution in [1.29, 1.82) is 0 Å². The number of para-hydroxylation sites is 2. The van der Waals surface area contributed by atoms with Gasteiger partial charge in [0.25, 0.3) is 0 Å². The van der Waals surface area contributed by atoms with Gasteiger partial charge in [0, 0.05) is 0 Å². The predicted molar refractivity (Wildman–Crippen MR) is 87.7 cm³/mol. The second kappa shape index (κ2) is 16.8. The van der Waals surface area contributed by atoms with Gasteiger partial charge in [0.15, 0.2) is 0 Å². The van der Waals surface area contributed by atoms with Gasteiger partial charge in [0.2, 0.25) is 0 Å². The fourth-order valence-corrected chi connectivity index (χ4v) is 1.13. The Morgan fingerprint density at radius 1 is 0.619 bits per heavy atom. The van der Waals surface area contributed by atoms with Gasteiger partial charge >= 0.3 is 21.7 Å². The van der Waals surface area contributed by atoms with E-state index in [0.717, 1.165) is 11.1 Å². The molecule has 0 atom stereocenters. The van der Waals surface area contributed by atoms with Crippen LogP contribution in [0, 0.1) is 27.7 Å². The minimum Gasteiger partial charge on any atom is -0.508 e. The number of rotatable bonds is 0. The molecule has 0 unspecified atom stereocenters. The molecular formula is C18H26O2Ti. The van der Waals surface area contributed by atoms with Crippen LogP contribution in [0.3, 0.4) is 0 Å². The number of aromatic hydroxyl groups is 2. The first-order valence-corrected chi connectivity index (χ1v) is 6.52. The molecule has 0 aliphatic rings. The third-order valence-electron chi connectivity index (χ3n) is 2.23. The number of hydrogen-bond acceptors (Lipinski definition) is 2. The zero-order chi connectivity index (χ0) is 16.0. The average molecular weight is 322 g/mol. The Balaban J connectivity index is -0.000000240. The molecule has 0 saturated heterocycles. The molecule has 2 rings (SSSR count). The van der Waals surface area contributed by atoms with Crippen LogP contribution >= 0.6 is 0 Å². The van der Waals surface area contributed by atoms with Crippen molar-refractivity contribution in [3.8, 4) is 11.5 Å². The third-order valence-corrected chi connectivity index (χ3v) is 2.23. The van der Waals surface area contributed by atoms with Crippen molar-refractivity contribution in [3.63, 3.8) is 0 Å². The van der Waals surface area contributed by atoms with Crippen LogP contribution in [0.1, 0.15) is 25.0 Å². The molecule has 0 aromatic heterocycles. The second-order valence-corrected chi connectivity index (χ2v) is 3.57. The molecule has 0 aliphatic carbocycles. The van der Waals surface area contributed by atoms with Crippen molar-refractivity contribution in [1.82, 2.24) is 0 Å². The van der Waals surface area contributed by atoms with Crippen LogP contribution in [0.15, 0.2) is 48.5 Å². The van der Waals surface area contributed by atoms with E-state index < -0.39 is 0 Å². The number of phenolic OH excluding ortho intramolecular Hbond substituents is 2. The van der Waals surface area contributed by atoms with Gasteiger partial charge in [0.1, 0.15) is 11.5 Å². The summed E-state index contributed by atoms with van der Waals surface area (Å²) in [7, 11) is 0. The second-order valence-electron chi connectivity index (χ2n) is 3.57. The summed E-state index contributed by atoms with van der Waals surface area (Å²) in [5, 5.41) is 17.8. The zero-order valence-electron chi connectivity index (χ0n) is 13.4. The Morgan fingerprint density at radius 3 is 1.00 bits per heavy atom. The topological polar surface area (TPSA) is 40.5 Å². The molecule has 0 aliphatic heterocycles. The van der Waals surface area contributed by atoms with Crippen LogP contribution in [0.5, 0.6) is 11.5 Å². The minimum atomic E-state index is 0. The Labute approximate surface area is 144 Å². The van der Waals surface area contributed by atoms with Gasteiger partial charge in [-0.25, -0.2) is 0 Å². The number of hydrogen-bond donors (Lipinski definition) is 2. The summed E-state index contributed by atoms with van der Waals surface area (Å²) in [4.78, 5) is 0. The van der Waals surface area contributed by atoms with Crippen LogP contribution in [0.25, 0.3) is 0 Å². The molecule has 0 fully saturated rings. The van der Waals surface area contributed by atoms with E-state index in [1.54, 1.807) is 26.0 Å². The van der Waals surface area contributed by atoms with Crippen LogP contribution in [-0.2, 0) is 21.7 Å². The van der Waals surface area contributed by atoms with Crippen LogP contribution in [0.2, 0.25) is 0 Å². The maximum atomic E-state index is 8.92. The molecule has 0 radical (unpaired) electrons. The van der Waals surface area contributed by atoms with E-state index in [1.165, 1.54) is 0 Å². The van der Waals surface area contributed by atoms with Gasteiger partial charge in [-0.3, -0.25) is 0 Å². The fourth-order valence-electron chi connectivity index (χ4n) is 1.13. The van der Waals surface area contributed by atoms with Gasteiger partial charge in [-0.2, -0.15) is 13.8 Å². The van der Waals surface area contributed by atoms with Gasteiger partial charge in [-0.05, 0) is 37.1 Å². The molecule has 3 heteroatoms. The molecule has 21 heavy (non-hydrogen) atoms. The summed E-state index contributed by atoms with van der Waals surface area (Å²) < 4.78 is 0. The maximum Gasteiger partial charge on any atom is 2.00 e. The Kier molecular flexibility index (Phi) is 19.8. The average Bonchev–Trinajstić information content (AvgIpc) is 2.50. The summed E-state index contributed by atoms with van der Waals surface area (Å²) in [6, 6.07) is 14.5. The van der Waals surface area contributed by atoms with Crippen molar-refractivity contribution >= 4 is 0 Å². The van der Waals surface area contributed by atoms with E-state index in [1.807, 2.05) is 50.2 Å². The van der Waals surface area contributed by atoms with Gasteiger partial charge < -0.3 is 24.1 Å². The van der Waals surface area contributed by atoms with Crippen LogP contribution in [-0.4, -0.2) is 10.2 Å². The summed E-state index contributed by atoms with van der Waals surface area (Å²) in [5.74, 6) is 0.736. The van der Waals surface area contributed by atoms with E-state index in [2.05, 4.69) is 13.8 Å². The van der Waals surface area contributed by atoms with E-state index in [4.69, 9.17) is 10.2 Å². The SMILES string of the molecule is Cc1ccccc1O.Cc1ccccc1O.[CH2-]C.[CH2-]C.[Ti+2]. The molecule has 2 aromatic carbocycles. The summed E-state index contributed by atoms with van der Waals surface area (Å²) >= 11 is 0. The first-order valence-electron chi connectivity index (χ1n) is 6.52. The smallest absolute Gasteiger partial charge is 0.508 e. The van der Waals surface area contributed by atoms with Gasteiger partial charge in [-0.1, -0.05) is 36.4 Å². The van der Waals surface area contributed by atoms with Crippen LogP contribution < -0.4 is 0 Å². The molecule has 2 aromatic rings. The van der Waals surface area contributed by atoms with E-state index in [0.29, 0.717) is 11.5 Å². The Bertz CT molecular complexity index is 371. The first kappa shape index (κ1) is 24.8.